The number of nitrogens with two attached hydrogens (primary N) is 1. The monoisotopic (exact) mass is 398 g/mol. The summed E-state index contributed by atoms with van der Waals surface area (Å²) in [7, 11) is 0. The van der Waals surface area contributed by atoms with Crippen molar-refractivity contribution in [3.05, 3.63) is 75.8 Å². The van der Waals surface area contributed by atoms with Gasteiger partial charge in [-0.15, -0.1) is 0 Å². The molecule has 9 nitrogen and oxygen atoms in total. The van der Waals surface area contributed by atoms with Crippen LogP contribution in [0.15, 0.2) is 54.6 Å². The zero-order valence-corrected chi connectivity index (χ0v) is 15.8. The SMILES string of the molecule is CC(=O)N[C@@H](Cc1ccccc1)C(=O)N[C@H](Cc1ccccc1[N+](=O)[O-])C(N)=O. The Kier molecular flexibility index (Phi) is 7.41. The first-order valence-electron chi connectivity index (χ1n) is 8.91. The second kappa shape index (κ2) is 9.98. The molecule has 2 aromatic carbocycles. The van der Waals surface area contributed by atoms with Crippen LogP contribution in [0.1, 0.15) is 18.1 Å². The van der Waals surface area contributed by atoms with Crippen LogP contribution in [0.5, 0.6) is 0 Å². The number of hydrogen-bond acceptors (Lipinski definition) is 5. The summed E-state index contributed by atoms with van der Waals surface area (Å²) in [5, 5.41) is 16.2. The summed E-state index contributed by atoms with van der Waals surface area (Å²) in [5.74, 6) is -1.85. The van der Waals surface area contributed by atoms with E-state index in [0.717, 1.165) is 5.56 Å². The number of amides is 3. The van der Waals surface area contributed by atoms with E-state index in [2.05, 4.69) is 10.6 Å². The third-order valence-corrected chi connectivity index (χ3v) is 4.25. The van der Waals surface area contributed by atoms with Gasteiger partial charge < -0.3 is 16.4 Å². The fourth-order valence-electron chi connectivity index (χ4n) is 2.88. The van der Waals surface area contributed by atoms with Crippen LogP contribution >= 0.6 is 0 Å². The van der Waals surface area contributed by atoms with E-state index < -0.39 is 34.7 Å². The Morgan fingerprint density at radius 2 is 1.59 bits per heavy atom. The Hall–Kier alpha value is -3.75. The lowest BCUT2D eigenvalue weighted by atomic mass is 10.0. The molecule has 0 saturated heterocycles. The summed E-state index contributed by atoms with van der Waals surface area (Å²) in [6.45, 7) is 1.28. The largest absolute Gasteiger partial charge is 0.368 e. The maximum absolute atomic E-state index is 12.7. The van der Waals surface area contributed by atoms with Crippen LogP contribution in [-0.4, -0.2) is 34.7 Å². The zero-order valence-electron chi connectivity index (χ0n) is 15.8. The Morgan fingerprint density at radius 1 is 0.966 bits per heavy atom. The normalized spacial score (nSPS) is 12.4. The molecule has 4 N–H and O–H groups in total. The van der Waals surface area contributed by atoms with Crippen molar-refractivity contribution in [2.24, 2.45) is 5.73 Å². The van der Waals surface area contributed by atoms with Crippen LogP contribution in [0.25, 0.3) is 0 Å². The first-order valence-corrected chi connectivity index (χ1v) is 8.91. The lowest BCUT2D eigenvalue weighted by Crippen LogP contribution is -2.54. The summed E-state index contributed by atoms with van der Waals surface area (Å²) in [5.41, 5.74) is 6.31. The maximum atomic E-state index is 12.7. The van der Waals surface area contributed by atoms with Crippen molar-refractivity contribution < 1.29 is 19.3 Å². The minimum Gasteiger partial charge on any atom is -0.368 e. The number of nitro groups is 1. The molecule has 2 atom stereocenters. The van der Waals surface area contributed by atoms with Crippen LogP contribution in [0, 0.1) is 10.1 Å². The quantitative estimate of drug-likeness (QED) is 0.424. The first kappa shape index (κ1) is 21.5. The highest BCUT2D eigenvalue weighted by molar-refractivity contribution is 5.91. The van der Waals surface area contributed by atoms with Crippen molar-refractivity contribution in [3.63, 3.8) is 0 Å². The number of primary amides is 1. The van der Waals surface area contributed by atoms with E-state index in [0.29, 0.717) is 0 Å². The first-order chi connectivity index (χ1) is 13.8. The fourth-order valence-corrected chi connectivity index (χ4v) is 2.88. The van der Waals surface area contributed by atoms with Gasteiger partial charge in [0.05, 0.1) is 4.92 Å². The van der Waals surface area contributed by atoms with E-state index in [1.54, 1.807) is 30.3 Å². The second-order valence-electron chi connectivity index (χ2n) is 6.50. The fraction of sp³-hybridized carbons (Fsp3) is 0.250. The number of para-hydroxylation sites is 1. The summed E-state index contributed by atoms with van der Waals surface area (Å²) in [6, 6.07) is 12.9. The van der Waals surface area contributed by atoms with Gasteiger partial charge in [0.2, 0.25) is 17.7 Å². The molecule has 0 aliphatic heterocycles. The van der Waals surface area contributed by atoms with Gasteiger partial charge in [0.1, 0.15) is 12.1 Å². The van der Waals surface area contributed by atoms with Gasteiger partial charge in [-0.25, -0.2) is 0 Å². The lowest BCUT2D eigenvalue weighted by Gasteiger charge is -2.21. The number of hydrogen-bond donors (Lipinski definition) is 3. The molecule has 0 fully saturated rings. The third-order valence-electron chi connectivity index (χ3n) is 4.25. The van der Waals surface area contributed by atoms with Gasteiger partial charge in [0, 0.05) is 31.4 Å². The number of carbonyl (C=O) groups is 3. The van der Waals surface area contributed by atoms with Crippen LogP contribution in [-0.2, 0) is 27.2 Å². The molecule has 0 spiro atoms. The van der Waals surface area contributed by atoms with Crippen LogP contribution in [0.4, 0.5) is 5.69 Å². The highest BCUT2D eigenvalue weighted by Crippen LogP contribution is 2.19. The molecule has 0 aromatic heterocycles. The molecule has 152 valence electrons. The van der Waals surface area contributed by atoms with E-state index in [1.165, 1.54) is 25.1 Å². The summed E-state index contributed by atoms with van der Waals surface area (Å²) < 4.78 is 0. The van der Waals surface area contributed by atoms with Crippen molar-refractivity contribution in [1.82, 2.24) is 10.6 Å². The second-order valence-corrected chi connectivity index (χ2v) is 6.50. The van der Waals surface area contributed by atoms with Crippen molar-refractivity contribution >= 4 is 23.4 Å². The van der Waals surface area contributed by atoms with Crippen LogP contribution < -0.4 is 16.4 Å². The Balaban J connectivity index is 2.18. The predicted octanol–water partition coefficient (Wildman–Crippen LogP) is 0.855. The Morgan fingerprint density at radius 3 is 2.17 bits per heavy atom. The molecular weight excluding hydrogens is 376 g/mol. The van der Waals surface area contributed by atoms with Gasteiger partial charge >= 0.3 is 0 Å². The van der Waals surface area contributed by atoms with Gasteiger partial charge in [-0.1, -0.05) is 48.5 Å². The molecule has 0 unspecified atom stereocenters. The van der Waals surface area contributed by atoms with Gasteiger partial charge in [-0.3, -0.25) is 24.5 Å². The topological polar surface area (TPSA) is 144 Å². The number of nitro benzene ring substituents is 1. The predicted molar refractivity (Wildman–Crippen MR) is 106 cm³/mol. The van der Waals surface area contributed by atoms with Gasteiger partial charge in [0.25, 0.3) is 5.69 Å². The number of nitrogens with zero attached hydrogens (tertiary/aromatic N) is 1. The van der Waals surface area contributed by atoms with Gasteiger partial charge in [0.15, 0.2) is 0 Å². The Labute approximate surface area is 167 Å². The van der Waals surface area contributed by atoms with Crippen LogP contribution in [0.2, 0.25) is 0 Å². The number of benzene rings is 2. The van der Waals surface area contributed by atoms with Gasteiger partial charge in [-0.2, -0.15) is 0 Å². The van der Waals surface area contributed by atoms with Crippen molar-refractivity contribution in [2.45, 2.75) is 31.8 Å². The average molecular weight is 398 g/mol. The van der Waals surface area contributed by atoms with Gasteiger partial charge in [-0.05, 0) is 5.56 Å². The zero-order chi connectivity index (χ0) is 21.4. The molecule has 0 aliphatic carbocycles. The van der Waals surface area contributed by atoms with Crippen molar-refractivity contribution in [3.8, 4) is 0 Å². The van der Waals surface area contributed by atoms with E-state index in [1.807, 2.05) is 6.07 Å². The number of rotatable bonds is 9. The average Bonchev–Trinajstić information content (AvgIpc) is 2.67. The summed E-state index contributed by atoms with van der Waals surface area (Å²) >= 11 is 0. The lowest BCUT2D eigenvalue weighted by molar-refractivity contribution is -0.385. The number of carbonyl (C=O) groups excluding carboxylic acids is 3. The molecule has 0 bridgehead atoms. The Bertz CT molecular complexity index is 901. The molecule has 2 rings (SSSR count). The van der Waals surface area contributed by atoms with Crippen LogP contribution in [0.3, 0.4) is 0 Å². The molecule has 0 heterocycles. The van der Waals surface area contributed by atoms with E-state index in [-0.39, 0.29) is 24.1 Å². The molecule has 2 aromatic rings. The van der Waals surface area contributed by atoms with Crippen molar-refractivity contribution in [2.75, 3.05) is 0 Å². The standard InChI is InChI=1S/C20H22N4O5/c1-13(25)22-17(11-14-7-3-2-4-8-14)20(27)23-16(19(21)26)12-15-9-5-6-10-18(15)24(28)29/h2-10,16-17H,11-12H2,1H3,(H2,21,26)(H,22,25)(H,23,27)/t16-,17+/m1/s1. The van der Waals surface area contributed by atoms with E-state index in [4.69, 9.17) is 5.73 Å². The smallest absolute Gasteiger partial charge is 0.272 e. The molecule has 0 aliphatic rings. The minimum atomic E-state index is -1.17. The highest BCUT2D eigenvalue weighted by Gasteiger charge is 2.27. The molecule has 0 saturated carbocycles. The molecule has 9 heteroatoms. The highest BCUT2D eigenvalue weighted by atomic mass is 16.6. The molecule has 3 amide bonds. The minimum absolute atomic E-state index is 0.143. The van der Waals surface area contributed by atoms with E-state index >= 15 is 0 Å². The number of nitrogens with one attached hydrogen (secondary N) is 2. The molecular formula is C20H22N4O5. The molecule has 0 radical (unpaired) electrons. The van der Waals surface area contributed by atoms with Crippen molar-refractivity contribution in [1.29, 1.82) is 0 Å². The third kappa shape index (κ3) is 6.42. The summed E-state index contributed by atoms with van der Waals surface area (Å²) in [6.07, 6.45) is 0.0690. The van der Waals surface area contributed by atoms with E-state index in [9.17, 15) is 24.5 Å². The maximum Gasteiger partial charge on any atom is 0.272 e. The molecule has 29 heavy (non-hydrogen) atoms. The summed E-state index contributed by atoms with van der Waals surface area (Å²) in [4.78, 5) is 46.8.